The Kier molecular flexibility index (Phi) is 7.09. The van der Waals surface area contributed by atoms with Crippen molar-refractivity contribution >= 4 is 0 Å². The lowest BCUT2D eigenvalue weighted by molar-refractivity contribution is 0.637. The molecule has 0 bridgehead atoms. The van der Waals surface area contributed by atoms with Gasteiger partial charge in [-0.1, -0.05) is 91.8 Å². The summed E-state index contributed by atoms with van der Waals surface area (Å²) in [4.78, 5) is 0. The second-order valence-corrected chi connectivity index (χ2v) is 9.34. The van der Waals surface area contributed by atoms with Crippen molar-refractivity contribution in [1.82, 2.24) is 0 Å². The Morgan fingerprint density at radius 1 is 0.615 bits per heavy atom. The third-order valence-corrected chi connectivity index (χ3v) is 5.09. The zero-order chi connectivity index (χ0) is 19.4. The lowest BCUT2D eigenvalue weighted by atomic mass is 9.84. The second-order valence-electron chi connectivity index (χ2n) is 9.34. The number of hydrogen-bond donors (Lipinski definition) is 0. The van der Waals surface area contributed by atoms with E-state index < -0.39 is 0 Å². The molecule has 0 amide bonds. The van der Waals surface area contributed by atoms with Crippen molar-refractivity contribution in [2.24, 2.45) is 11.8 Å². The van der Waals surface area contributed by atoms with Gasteiger partial charge in [-0.25, -0.2) is 0 Å². The summed E-state index contributed by atoms with van der Waals surface area (Å²) in [6, 6.07) is 14.2. The molecule has 0 aromatic heterocycles. The van der Waals surface area contributed by atoms with Crippen LogP contribution in [0.3, 0.4) is 0 Å². The highest BCUT2D eigenvalue weighted by Gasteiger charge is 2.16. The van der Waals surface area contributed by atoms with E-state index >= 15 is 0 Å². The Morgan fingerprint density at radius 2 is 1.04 bits per heavy atom. The molecule has 0 fully saturated rings. The molecule has 0 unspecified atom stereocenters. The normalized spacial score (nSPS) is 12.0. The van der Waals surface area contributed by atoms with Crippen molar-refractivity contribution in [3.05, 3.63) is 58.7 Å². The first kappa shape index (κ1) is 20.7. The van der Waals surface area contributed by atoms with Crippen molar-refractivity contribution < 1.29 is 0 Å². The predicted molar refractivity (Wildman–Crippen MR) is 117 cm³/mol. The molecule has 0 atom stereocenters. The van der Waals surface area contributed by atoms with Gasteiger partial charge >= 0.3 is 0 Å². The van der Waals surface area contributed by atoms with Crippen LogP contribution in [0, 0.1) is 11.8 Å². The Bertz CT molecular complexity index is 662. The van der Waals surface area contributed by atoms with Gasteiger partial charge in [-0.15, -0.1) is 0 Å². The fraction of sp³-hybridized carbons (Fsp3) is 0.538. The SMILES string of the molecule is CC(C)Cc1cccc(CC(C)C)c1-c1cc(C(C)C)cc(C(C)C)c1. The molecule has 26 heavy (non-hydrogen) atoms. The summed E-state index contributed by atoms with van der Waals surface area (Å²) in [5.41, 5.74) is 8.86. The summed E-state index contributed by atoms with van der Waals surface area (Å²) in [5, 5.41) is 0. The highest BCUT2D eigenvalue weighted by molar-refractivity contribution is 5.73. The maximum atomic E-state index is 2.44. The average molecular weight is 351 g/mol. The van der Waals surface area contributed by atoms with Crippen LogP contribution in [-0.2, 0) is 12.8 Å². The zero-order valence-corrected chi connectivity index (χ0v) is 18.2. The molecule has 2 aromatic carbocycles. The number of hydrogen-bond acceptors (Lipinski definition) is 0. The monoisotopic (exact) mass is 350 g/mol. The van der Waals surface area contributed by atoms with Gasteiger partial charge in [0.05, 0.1) is 0 Å². The molecule has 0 heterocycles. The third-order valence-electron chi connectivity index (χ3n) is 5.09. The van der Waals surface area contributed by atoms with E-state index in [-0.39, 0.29) is 0 Å². The van der Waals surface area contributed by atoms with Crippen molar-refractivity contribution in [3.63, 3.8) is 0 Å². The Labute approximate surface area is 162 Å². The maximum Gasteiger partial charge on any atom is -0.0119 e. The molecule has 2 rings (SSSR count). The smallest absolute Gasteiger partial charge is 0.0119 e. The van der Waals surface area contributed by atoms with Crippen LogP contribution in [0.25, 0.3) is 11.1 Å². The summed E-state index contributed by atoms with van der Waals surface area (Å²) in [5.74, 6) is 2.44. The summed E-state index contributed by atoms with van der Waals surface area (Å²) in [6.45, 7) is 18.5. The van der Waals surface area contributed by atoms with Gasteiger partial charge in [0.25, 0.3) is 0 Å². The zero-order valence-electron chi connectivity index (χ0n) is 18.2. The van der Waals surface area contributed by atoms with Crippen molar-refractivity contribution in [2.75, 3.05) is 0 Å². The second kappa shape index (κ2) is 8.89. The molecule has 0 heteroatoms. The van der Waals surface area contributed by atoms with Gasteiger partial charge in [-0.2, -0.15) is 0 Å². The number of benzene rings is 2. The van der Waals surface area contributed by atoms with Gasteiger partial charge in [0, 0.05) is 0 Å². The fourth-order valence-corrected chi connectivity index (χ4v) is 3.73. The summed E-state index contributed by atoms with van der Waals surface area (Å²) in [6.07, 6.45) is 2.29. The molecule has 0 aliphatic carbocycles. The first-order chi connectivity index (χ1) is 12.2. The van der Waals surface area contributed by atoms with Gasteiger partial charge in [0.1, 0.15) is 0 Å². The molecule has 0 spiro atoms. The van der Waals surface area contributed by atoms with Crippen LogP contribution in [-0.4, -0.2) is 0 Å². The van der Waals surface area contributed by atoms with E-state index in [9.17, 15) is 0 Å². The molecular formula is C26H38. The van der Waals surface area contributed by atoms with Crippen molar-refractivity contribution in [3.8, 4) is 11.1 Å². The van der Waals surface area contributed by atoms with Crippen LogP contribution in [0.5, 0.6) is 0 Å². The Morgan fingerprint density at radius 3 is 1.38 bits per heavy atom. The lowest BCUT2D eigenvalue weighted by Gasteiger charge is -2.21. The number of rotatable bonds is 7. The Balaban J connectivity index is 2.71. The van der Waals surface area contributed by atoms with Crippen molar-refractivity contribution in [1.29, 1.82) is 0 Å². The largest absolute Gasteiger partial charge is 0.0625 e. The van der Waals surface area contributed by atoms with Crippen LogP contribution in [0.2, 0.25) is 0 Å². The standard InChI is InChI=1S/C26H38/c1-17(2)12-21-10-9-11-22(13-18(3)4)26(21)25-15-23(19(5)6)14-24(16-25)20(7)8/h9-11,14-20H,12-13H2,1-8H3. The minimum absolute atomic E-state index is 0.554. The first-order valence-electron chi connectivity index (χ1n) is 10.4. The minimum Gasteiger partial charge on any atom is -0.0625 e. The van der Waals surface area contributed by atoms with E-state index in [1.54, 1.807) is 0 Å². The quantitative estimate of drug-likeness (QED) is 0.474. The van der Waals surface area contributed by atoms with Gasteiger partial charge in [-0.05, 0) is 69.9 Å². The van der Waals surface area contributed by atoms with Crippen LogP contribution in [0.15, 0.2) is 36.4 Å². The molecule has 0 radical (unpaired) electrons. The van der Waals surface area contributed by atoms with Crippen molar-refractivity contribution in [2.45, 2.75) is 80.1 Å². The van der Waals surface area contributed by atoms with Gasteiger partial charge in [0.2, 0.25) is 0 Å². The van der Waals surface area contributed by atoms with E-state index in [2.05, 4.69) is 91.8 Å². The maximum absolute atomic E-state index is 2.44. The average Bonchev–Trinajstić information content (AvgIpc) is 2.53. The lowest BCUT2D eigenvalue weighted by Crippen LogP contribution is -2.04. The molecule has 0 saturated heterocycles. The molecule has 0 nitrogen and oxygen atoms in total. The molecule has 0 N–H and O–H groups in total. The van der Waals surface area contributed by atoms with E-state index in [1.807, 2.05) is 0 Å². The van der Waals surface area contributed by atoms with E-state index in [0.717, 1.165) is 12.8 Å². The summed E-state index contributed by atoms with van der Waals surface area (Å²) < 4.78 is 0. The molecule has 142 valence electrons. The first-order valence-corrected chi connectivity index (χ1v) is 10.4. The molecule has 0 aliphatic heterocycles. The fourth-order valence-electron chi connectivity index (χ4n) is 3.73. The van der Waals surface area contributed by atoms with E-state index in [0.29, 0.717) is 23.7 Å². The predicted octanol–water partition coefficient (Wildman–Crippen LogP) is 8.00. The van der Waals surface area contributed by atoms with E-state index in [1.165, 1.54) is 33.4 Å². The Hall–Kier alpha value is -1.56. The minimum atomic E-state index is 0.554. The molecule has 2 aromatic rings. The highest BCUT2D eigenvalue weighted by Crippen LogP contribution is 2.35. The highest BCUT2D eigenvalue weighted by atomic mass is 14.2. The molecular weight excluding hydrogens is 312 g/mol. The topological polar surface area (TPSA) is 0 Å². The summed E-state index contributed by atoms with van der Waals surface area (Å²) in [7, 11) is 0. The van der Waals surface area contributed by atoms with Crippen LogP contribution in [0.1, 0.15) is 89.5 Å². The van der Waals surface area contributed by atoms with Crippen LogP contribution >= 0.6 is 0 Å². The van der Waals surface area contributed by atoms with Gasteiger partial charge in [0.15, 0.2) is 0 Å². The molecule has 0 saturated carbocycles. The van der Waals surface area contributed by atoms with E-state index in [4.69, 9.17) is 0 Å². The third kappa shape index (κ3) is 5.22. The van der Waals surface area contributed by atoms with Gasteiger partial charge < -0.3 is 0 Å². The molecule has 0 aliphatic rings. The van der Waals surface area contributed by atoms with Crippen LogP contribution < -0.4 is 0 Å². The summed E-state index contributed by atoms with van der Waals surface area (Å²) >= 11 is 0. The van der Waals surface area contributed by atoms with Crippen LogP contribution in [0.4, 0.5) is 0 Å². The van der Waals surface area contributed by atoms with Gasteiger partial charge in [-0.3, -0.25) is 0 Å².